The standard InChI is InChI=1S/C14H17F3N2/c15-11-5-6-12(14(17)13(11)16)19-7-1-2-10(8-19)18-9-3-4-9/h5-6,9-10,18H,1-4,7-8H2. The molecule has 1 N–H and O–H groups in total. The summed E-state index contributed by atoms with van der Waals surface area (Å²) < 4.78 is 40.0. The Hall–Kier alpha value is -1.23. The predicted molar refractivity (Wildman–Crippen MR) is 67.7 cm³/mol. The largest absolute Gasteiger partial charge is 0.368 e. The molecule has 1 aliphatic carbocycles. The molecular weight excluding hydrogens is 253 g/mol. The Bertz CT molecular complexity index is 474. The number of rotatable bonds is 3. The zero-order valence-electron chi connectivity index (χ0n) is 10.6. The number of nitrogens with one attached hydrogen (secondary N) is 1. The molecule has 104 valence electrons. The van der Waals surface area contributed by atoms with Crippen molar-refractivity contribution >= 4 is 5.69 Å². The minimum absolute atomic E-state index is 0.168. The van der Waals surface area contributed by atoms with Gasteiger partial charge in [-0.3, -0.25) is 0 Å². The molecule has 3 rings (SSSR count). The second-order valence-electron chi connectivity index (χ2n) is 5.42. The molecule has 0 aromatic heterocycles. The van der Waals surface area contributed by atoms with Crippen LogP contribution in [-0.2, 0) is 0 Å². The highest BCUT2D eigenvalue weighted by atomic mass is 19.2. The van der Waals surface area contributed by atoms with Gasteiger partial charge in [0, 0.05) is 25.2 Å². The van der Waals surface area contributed by atoms with Crippen LogP contribution in [0.5, 0.6) is 0 Å². The summed E-state index contributed by atoms with van der Waals surface area (Å²) in [5.74, 6) is -3.59. The molecule has 2 fully saturated rings. The van der Waals surface area contributed by atoms with Crippen molar-refractivity contribution in [2.24, 2.45) is 0 Å². The molecule has 1 heterocycles. The topological polar surface area (TPSA) is 15.3 Å². The van der Waals surface area contributed by atoms with E-state index in [2.05, 4.69) is 5.32 Å². The van der Waals surface area contributed by atoms with Gasteiger partial charge in [0.25, 0.3) is 0 Å². The van der Waals surface area contributed by atoms with Gasteiger partial charge in [0.1, 0.15) is 0 Å². The molecule has 0 spiro atoms. The van der Waals surface area contributed by atoms with Gasteiger partial charge in [0.05, 0.1) is 5.69 Å². The van der Waals surface area contributed by atoms with Gasteiger partial charge in [0.15, 0.2) is 17.5 Å². The summed E-state index contributed by atoms with van der Waals surface area (Å²) in [4.78, 5) is 1.81. The number of benzene rings is 1. The van der Waals surface area contributed by atoms with Crippen molar-refractivity contribution in [3.05, 3.63) is 29.6 Å². The minimum Gasteiger partial charge on any atom is -0.368 e. The Morgan fingerprint density at radius 1 is 1.00 bits per heavy atom. The van der Waals surface area contributed by atoms with Crippen LogP contribution in [0.2, 0.25) is 0 Å². The van der Waals surface area contributed by atoms with Crippen molar-refractivity contribution in [1.82, 2.24) is 5.32 Å². The molecule has 1 aliphatic heterocycles. The normalized spacial score (nSPS) is 23.7. The summed E-state index contributed by atoms with van der Waals surface area (Å²) in [5, 5.41) is 3.51. The van der Waals surface area contributed by atoms with Crippen LogP contribution >= 0.6 is 0 Å². The van der Waals surface area contributed by atoms with E-state index >= 15 is 0 Å². The van der Waals surface area contributed by atoms with E-state index in [1.807, 2.05) is 0 Å². The van der Waals surface area contributed by atoms with Crippen LogP contribution < -0.4 is 10.2 Å². The lowest BCUT2D eigenvalue weighted by molar-refractivity contribution is 0.409. The predicted octanol–water partition coefficient (Wildman–Crippen LogP) is 2.82. The molecule has 1 aromatic rings. The van der Waals surface area contributed by atoms with Crippen LogP contribution in [0.3, 0.4) is 0 Å². The quantitative estimate of drug-likeness (QED) is 0.850. The first-order chi connectivity index (χ1) is 9.15. The Morgan fingerprint density at radius 2 is 1.79 bits per heavy atom. The van der Waals surface area contributed by atoms with E-state index < -0.39 is 17.5 Å². The number of piperidine rings is 1. The van der Waals surface area contributed by atoms with E-state index in [-0.39, 0.29) is 5.69 Å². The van der Waals surface area contributed by atoms with Crippen LogP contribution in [0.4, 0.5) is 18.9 Å². The lowest BCUT2D eigenvalue weighted by Crippen LogP contribution is -2.46. The molecule has 1 unspecified atom stereocenters. The second-order valence-corrected chi connectivity index (χ2v) is 5.42. The van der Waals surface area contributed by atoms with Gasteiger partial charge in [-0.05, 0) is 37.8 Å². The van der Waals surface area contributed by atoms with E-state index in [0.29, 0.717) is 25.2 Å². The van der Waals surface area contributed by atoms with Crippen molar-refractivity contribution in [2.75, 3.05) is 18.0 Å². The Labute approximate surface area is 110 Å². The molecule has 0 amide bonds. The van der Waals surface area contributed by atoms with Gasteiger partial charge >= 0.3 is 0 Å². The Kier molecular flexibility index (Phi) is 3.39. The van der Waals surface area contributed by atoms with Gasteiger partial charge in [-0.15, -0.1) is 0 Å². The summed E-state index contributed by atoms with van der Waals surface area (Å²) in [5.41, 5.74) is 0.168. The lowest BCUT2D eigenvalue weighted by atomic mass is 10.0. The summed E-state index contributed by atoms with van der Waals surface area (Å²) >= 11 is 0. The first kappa shape index (κ1) is 12.8. The summed E-state index contributed by atoms with van der Waals surface area (Å²) in [6.45, 7) is 1.34. The number of halogens is 3. The molecule has 5 heteroatoms. The average molecular weight is 270 g/mol. The molecule has 2 nitrogen and oxygen atoms in total. The van der Waals surface area contributed by atoms with Gasteiger partial charge in [-0.1, -0.05) is 0 Å². The first-order valence-corrected chi connectivity index (χ1v) is 6.79. The molecule has 1 saturated heterocycles. The zero-order valence-corrected chi connectivity index (χ0v) is 10.6. The molecule has 1 saturated carbocycles. The van der Waals surface area contributed by atoms with E-state index in [0.717, 1.165) is 18.9 Å². The van der Waals surface area contributed by atoms with Crippen molar-refractivity contribution < 1.29 is 13.2 Å². The van der Waals surface area contributed by atoms with Crippen LogP contribution in [0, 0.1) is 17.5 Å². The number of anilines is 1. The van der Waals surface area contributed by atoms with Gasteiger partial charge in [-0.25, -0.2) is 13.2 Å². The maximum Gasteiger partial charge on any atom is 0.196 e. The van der Waals surface area contributed by atoms with Gasteiger partial charge < -0.3 is 10.2 Å². The van der Waals surface area contributed by atoms with Crippen molar-refractivity contribution in [3.8, 4) is 0 Å². The highest BCUT2D eigenvalue weighted by Crippen LogP contribution is 2.27. The smallest absolute Gasteiger partial charge is 0.196 e. The third kappa shape index (κ3) is 2.71. The fraction of sp³-hybridized carbons (Fsp3) is 0.571. The third-order valence-electron chi connectivity index (χ3n) is 3.83. The molecule has 1 atom stereocenters. The average Bonchev–Trinajstić information content (AvgIpc) is 3.20. The third-order valence-corrected chi connectivity index (χ3v) is 3.83. The van der Waals surface area contributed by atoms with E-state index in [1.54, 1.807) is 4.90 Å². The van der Waals surface area contributed by atoms with Gasteiger partial charge in [0.2, 0.25) is 0 Å². The molecule has 0 bridgehead atoms. The van der Waals surface area contributed by atoms with Crippen LogP contribution in [0.15, 0.2) is 12.1 Å². The lowest BCUT2D eigenvalue weighted by Gasteiger charge is -2.35. The number of hydrogen-bond donors (Lipinski definition) is 1. The second kappa shape index (κ2) is 5.04. The zero-order chi connectivity index (χ0) is 13.4. The molecule has 1 aromatic carbocycles. The monoisotopic (exact) mass is 270 g/mol. The van der Waals surface area contributed by atoms with Crippen molar-refractivity contribution in [2.45, 2.75) is 37.8 Å². The summed E-state index contributed by atoms with van der Waals surface area (Å²) in [6, 6.07) is 3.23. The Morgan fingerprint density at radius 3 is 2.53 bits per heavy atom. The maximum absolute atomic E-state index is 13.8. The molecular formula is C14H17F3N2. The fourth-order valence-electron chi connectivity index (χ4n) is 2.68. The highest BCUT2D eigenvalue weighted by molar-refractivity contribution is 5.49. The number of hydrogen-bond acceptors (Lipinski definition) is 2. The first-order valence-electron chi connectivity index (χ1n) is 6.79. The van der Waals surface area contributed by atoms with Crippen LogP contribution in [0.25, 0.3) is 0 Å². The Balaban J connectivity index is 1.75. The van der Waals surface area contributed by atoms with E-state index in [4.69, 9.17) is 0 Å². The number of nitrogens with zero attached hydrogens (tertiary/aromatic N) is 1. The fourth-order valence-corrected chi connectivity index (χ4v) is 2.68. The van der Waals surface area contributed by atoms with Gasteiger partial charge in [-0.2, -0.15) is 0 Å². The molecule has 0 radical (unpaired) electrons. The highest BCUT2D eigenvalue weighted by Gasteiger charge is 2.29. The van der Waals surface area contributed by atoms with Crippen LogP contribution in [0.1, 0.15) is 25.7 Å². The van der Waals surface area contributed by atoms with Crippen LogP contribution in [-0.4, -0.2) is 25.2 Å². The summed E-state index contributed by atoms with van der Waals surface area (Å²) in [6.07, 6.45) is 4.40. The molecule has 2 aliphatic rings. The van der Waals surface area contributed by atoms with E-state index in [9.17, 15) is 13.2 Å². The van der Waals surface area contributed by atoms with Crippen molar-refractivity contribution in [1.29, 1.82) is 0 Å². The molecule has 19 heavy (non-hydrogen) atoms. The van der Waals surface area contributed by atoms with Crippen molar-refractivity contribution in [3.63, 3.8) is 0 Å². The SMILES string of the molecule is Fc1ccc(N2CCCC(NC3CC3)C2)c(F)c1F. The minimum atomic E-state index is -1.38. The summed E-state index contributed by atoms with van der Waals surface area (Å²) in [7, 11) is 0. The van der Waals surface area contributed by atoms with E-state index in [1.165, 1.54) is 18.9 Å². The maximum atomic E-state index is 13.8.